The van der Waals surface area contributed by atoms with Gasteiger partial charge in [0.15, 0.2) is 0 Å². The highest BCUT2D eigenvalue weighted by Crippen LogP contribution is 2.13. The van der Waals surface area contributed by atoms with E-state index in [1.165, 1.54) is 28.5 Å². The quantitative estimate of drug-likeness (QED) is 0.262. The fourth-order valence-electron chi connectivity index (χ4n) is 2.39. The molecule has 0 saturated carbocycles. The number of hydrogen-bond acceptors (Lipinski definition) is 4. The summed E-state index contributed by atoms with van der Waals surface area (Å²) in [5.74, 6) is -1.85. The average molecular weight is 426 g/mol. The van der Waals surface area contributed by atoms with Crippen LogP contribution in [0.25, 0.3) is 0 Å². The van der Waals surface area contributed by atoms with E-state index in [-0.39, 0.29) is 18.6 Å². The highest BCUT2D eigenvalue weighted by molar-refractivity contribution is 7.99. The molecule has 0 fully saturated rings. The first-order chi connectivity index (χ1) is 13.6. The molecule has 29 heavy (non-hydrogen) atoms. The van der Waals surface area contributed by atoms with Crippen LogP contribution in [0.1, 0.15) is 66.2 Å². The lowest BCUT2D eigenvalue weighted by Crippen LogP contribution is -2.42. The lowest BCUT2D eigenvalue weighted by Gasteiger charge is -2.13. The molecular formula is C22H35NO5S. The van der Waals surface area contributed by atoms with Gasteiger partial charge in [0.2, 0.25) is 5.91 Å². The molecule has 0 radical (unpaired) electrons. The van der Waals surface area contributed by atoms with Crippen LogP contribution in [-0.4, -0.2) is 45.6 Å². The number of carbonyl (C=O) groups excluding carboxylic acids is 1. The summed E-state index contributed by atoms with van der Waals surface area (Å²) in [4.78, 5) is 33.3. The standard InChI is InChI=1S/C22H35NO5S/c1-16(2)7-5-8-17(3)9-6-10-18(4)13-14-29-15-19(22(27)28)23-20(24)11-12-21(25)26/h7,9,13,19H,5-6,8,10-12,14-15H2,1-4H3,(H,23,24)(H,25,26)(H,27,28)/b17-9+,18-13+. The second-order valence-electron chi connectivity index (χ2n) is 7.35. The molecule has 0 aromatic rings. The molecule has 164 valence electrons. The van der Waals surface area contributed by atoms with E-state index in [0.29, 0.717) is 5.75 Å². The smallest absolute Gasteiger partial charge is 0.327 e. The summed E-state index contributed by atoms with van der Waals surface area (Å²) < 4.78 is 0. The molecule has 7 heteroatoms. The monoisotopic (exact) mass is 425 g/mol. The van der Waals surface area contributed by atoms with Crippen LogP contribution in [0.5, 0.6) is 0 Å². The Morgan fingerprint density at radius 1 is 0.862 bits per heavy atom. The van der Waals surface area contributed by atoms with E-state index in [0.717, 1.165) is 25.7 Å². The number of hydrogen-bond donors (Lipinski definition) is 3. The zero-order valence-corrected chi connectivity index (χ0v) is 18.8. The number of allylic oxidation sites excluding steroid dienone is 5. The lowest BCUT2D eigenvalue weighted by atomic mass is 10.1. The highest BCUT2D eigenvalue weighted by Gasteiger charge is 2.19. The third-order valence-corrected chi connectivity index (χ3v) is 5.13. The Hall–Kier alpha value is -2.02. The summed E-state index contributed by atoms with van der Waals surface area (Å²) in [5, 5.41) is 20.1. The summed E-state index contributed by atoms with van der Waals surface area (Å²) >= 11 is 1.43. The van der Waals surface area contributed by atoms with E-state index < -0.39 is 23.9 Å². The zero-order valence-electron chi connectivity index (χ0n) is 18.0. The Labute approximate surface area is 178 Å². The summed E-state index contributed by atoms with van der Waals surface area (Å²) in [6.07, 6.45) is 10.2. The highest BCUT2D eigenvalue weighted by atomic mass is 32.2. The minimum Gasteiger partial charge on any atom is -0.481 e. The van der Waals surface area contributed by atoms with Gasteiger partial charge in [-0.05, 0) is 53.4 Å². The summed E-state index contributed by atoms with van der Waals surface area (Å²) in [5.41, 5.74) is 4.00. The second-order valence-corrected chi connectivity index (χ2v) is 8.42. The molecule has 1 amide bonds. The van der Waals surface area contributed by atoms with Gasteiger partial charge in [-0.25, -0.2) is 4.79 Å². The molecule has 1 unspecified atom stereocenters. The number of carboxylic acids is 2. The van der Waals surface area contributed by atoms with Gasteiger partial charge in [-0.3, -0.25) is 9.59 Å². The molecule has 1 atom stereocenters. The first-order valence-corrected chi connectivity index (χ1v) is 11.0. The third-order valence-electron chi connectivity index (χ3n) is 4.16. The average Bonchev–Trinajstić information content (AvgIpc) is 2.61. The van der Waals surface area contributed by atoms with Gasteiger partial charge in [-0.1, -0.05) is 34.9 Å². The van der Waals surface area contributed by atoms with Crippen LogP contribution in [0.15, 0.2) is 34.9 Å². The number of thioether (sulfide) groups is 1. The van der Waals surface area contributed by atoms with E-state index in [4.69, 9.17) is 5.11 Å². The number of amides is 1. The first kappa shape index (κ1) is 27.0. The van der Waals surface area contributed by atoms with Gasteiger partial charge in [0.1, 0.15) is 6.04 Å². The van der Waals surface area contributed by atoms with Crippen molar-refractivity contribution < 1.29 is 24.6 Å². The van der Waals surface area contributed by atoms with Crippen LogP contribution < -0.4 is 5.32 Å². The molecule has 0 aliphatic carbocycles. The van der Waals surface area contributed by atoms with Crippen molar-refractivity contribution in [3.63, 3.8) is 0 Å². The van der Waals surface area contributed by atoms with E-state index >= 15 is 0 Å². The van der Waals surface area contributed by atoms with E-state index in [9.17, 15) is 19.5 Å². The first-order valence-electron chi connectivity index (χ1n) is 9.88. The van der Waals surface area contributed by atoms with Crippen LogP contribution in [0, 0.1) is 0 Å². The molecule has 0 aliphatic heterocycles. The van der Waals surface area contributed by atoms with Crippen molar-refractivity contribution in [2.75, 3.05) is 11.5 Å². The number of carboxylic acid groups (broad SMARTS) is 2. The molecule has 0 aliphatic rings. The number of aliphatic carboxylic acids is 2. The summed E-state index contributed by atoms with van der Waals surface area (Å²) in [7, 11) is 0. The number of rotatable bonds is 15. The minimum absolute atomic E-state index is 0.218. The van der Waals surface area contributed by atoms with Crippen LogP contribution in [0.2, 0.25) is 0 Å². The Bertz CT molecular complexity index is 633. The topological polar surface area (TPSA) is 104 Å². The molecule has 0 spiro atoms. The van der Waals surface area contributed by atoms with Crippen molar-refractivity contribution in [1.82, 2.24) is 5.32 Å². The van der Waals surface area contributed by atoms with E-state index in [1.54, 1.807) is 0 Å². The predicted molar refractivity (Wildman–Crippen MR) is 119 cm³/mol. The fraction of sp³-hybridized carbons (Fsp3) is 0.591. The van der Waals surface area contributed by atoms with Gasteiger partial charge in [0.25, 0.3) is 0 Å². The molecule has 0 bridgehead atoms. The Morgan fingerprint density at radius 2 is 1.45 bits per heavy atom. The molecule has 0 aromatic carbocycles. The van der Waals surface area contributed by atoms with Crippen molar-refractivity contribution in [1.29, 1.82) is 0 Å². The second kappa shape index (κ2) is 15.9. The number of carbonyl (C=O) groups is 3. The zero-order chi connectivity index (χ0) is 22.2. The van der Waals surface area contributed by atoms with Crippen LogP contribution in [0.4, 0.5) is 0 Å². The van der Waals surface area contributed by atoms with Crippen molar-refractivity contribution in [3.05, 3.63) is 34.9 Å². The lowest BCUT2D eigenvalue weighted by molar-refractivity contribution is -0.141. The van der Waals surface area contributed by atoms with Gasteiger partial charge in [-0.15, -0.1) is 0 Å². The van der Waals surface area contributed by atoms with Gasteiger partial charge < -0.3 is 15.5 Å². The summed E-state index contributed by atoms with van der Waals surface area (Å²) in [6.45, 7) is 8.44. The fourth-order valence-corrected chi connectivity index (χ4v) is 3.39. The normalized spacial score (nSPS) is 13.0. The number of nitrogens with one attached hydrogen (secondary N) is 1. The SMILES string of the molecule is CC(C)=CCC/C(C)=C/CC/C(C)=C/CSCC(NC(=O)CCC(=O)O)C(=O)O. The van der Waals surface area contributed by atoms with Gasteiger partial charge in [-0.2, -0.15) is 11.8 Å². The summed E-state index contributed by atoms with van der Waals surface area (Å²) in [6, 6.07) is -1.01. The van der Waals surface area contributed by atoms with Crippen LogP contribution in [-0.2, 0) is 14.4 Å². The maximum absolute atomic E-state index is 11.6. The largest absolute Gasteiger partial charge is 0.481 e. The predicted octanol–water partition coefficient (Wildman–Crippen LogP) is 4.57. The molecule has 0 heterocycles. The van der Waals surface area contributed by atoms with Crippen molar-refractivity contribution >= 4 is 29.6 Å². The van der Waals surface area contributed by atoms with Crippen molar-refractivity contribution in [2.24, 2.45) is 0 Å². The van der Waals surface area contributed by atoms with Crippen molar-refractivity contribution in [3.8, 4) is 0 Å². The maximum Gasteiger partial charge on any atom is 0.327 e. The van der Waals surface area contributed by atoms with Crippen LogP contribution >= 0.6 is 11.8 Å². The molecular weight excluding hydrogens is 390 g/mol. The molecule has 6 nitrogen and oxygen atoms in total. The maximum atomic E-state index is 11.6. The van der Waals surface area contributed by atoms with Crippen LogP contribution in [0.3, 0.4) is 0 Å². The molecule has 0 rings (SSSR count). The van der Waals surface area contributed by atoms with Crippen molar-refractivity contribution in [2.45, 2.75) is 72.3 Å². The molecule has 0 aromatic heterocycles. The molecule has 0 saturated heterocycles. The Kier molecular flexibility index (Phi) is 14.7. The minimum atomic E-state index is -1.12. The molecule has 3 N–H and O–H groups in total. The van der Waals surface area contributed by atoms with Gasteiger partial charge in [0.05, 0.1) is 6.42 Å². The Morgan fingerprint density at radius 3 is 2.00 bits per heavy atom. The Balaban J connectivity index is 4.20. The van der Waals surface area contributed by atoms with Gasteiger partial charge in [0, 0.05) is 17.9 Å². The van der Waals surface area contributed by atoms with E-state index in [1.807, 2.05) is 0 Å². The van der Waals surface area contributed by atoms with E-state index in [2.05, 4.69) is 51.2 Å². The third kappa shape index (κ3) is 16.6. The van der Waals surface area contributed by atoms with Gasteiger partial charge >= 0.3 is 11.9 Å².